The summed E-state index contributed by atoms with van der Waals surface area (Å²) in [6, 6.07) is 9.34. The summed E-state index contributed by atoms with van der Waals surface area (Å²) in [5.74, 6) is 1.55. The van der Waals surface area contributed by atoms with Gasteiger partial charge in [0.1, 0.15) is 0 Å². The van der Waals surface area contributed by atoms with Gasteiger partial charge in [0.25, 0.3) is 0 Å². The standard InChI is InChI=1S/C24H39N5O/c1-4-21(5-2)23(29-14-16-30-17-15-29)19-27-24(25-3)26-18-20-8-10-22(11-9-20)28-12-6-7-13-28/h6-11,21,23H,4-5,12-19H2,1-3H3,(H2,25,26,27). The van der Waals surface area contributed by atoms with Crippen LogP contribution in [-0.4, -0.2) is 69.9 Å². The van der Waals surface area contributed by atoms with Crippen LogP contribution in [-0.2, 0) is 11.3 Å². The van der Waals surface area contributed by atoms with Crippen LogP contribution in [0.1, 0.15) is 32.3 Å². The van der Waals surface area contributed by atoms with Crippen molar-refractivity contribution in [3.63, 3.8) is 0 Å². The molecule has 1 atom stereocenters. The number of hydrogen-bond acceptors (Lipinski definition) is 4. The maximum atomic E-state index is 5.57. The van der Waals surface area contributed by atoms with Crippen LogP contribution in [0.5, 0.6) is 0 Å². The smallest absolute Gasteiger partial charge is 0.191 e. The number of anilines is 1. The summed E-state index contributed by atoms with van der Waals surface area (Å²) in [4.78, 5) is 9.40. The Hall–Kier alpha value is -2.05. The highest BCUT2D eigenvalue weighted by Gasteiger charge is 2.27. The molecule has 1 unspecified atom stereocenters. The van der Waals surface area contributed by atoms with E-state index in [1.807, 2.05) is 7.05 Å². The van der Waals surface area contributed by atoms with Crippen LogP contribution in [0.15, 0.2) is 41.4 Å². The maximum Gasteiger partial charge on any atom is 0.191 e. The van der Waals surface area contributed by atoms with Crippen LogP contribution in [0.4, 0.5) is 5.69 Å². The molecule has 1 aromatic carbocycles. The lowest BCUT2D eigenvalue weighted by molar-refractivity contribution is 0.00272. The third kappa shape index (κ3) is 6.22. The van der Waals surface area contributed by atoms with E-state index in [-0.39, 0.29) is 0 Å². The molecule has 2 N–H and O–H groups in total. The van der Waals surface area contributed by atoms with Gasteiger partial charge in [-0.1, -0.05) is 51.0 Å². The second-order valence-electron chi connectivity index (χ2n) is 8.14. The van der Waals surface area contributed by atoms with Crippen molar-refractivity contribution in [2.45, 2.75) is 39.3 Å². The van der Waals surface area contributed by atoms with Gasteiger partial charge < -0.3 is 20.3 Å². The number of guanidine groups is 1. The first-order valence-electron chi connectivity index (χ1n) is 11.5. The number of benzene rings is 1. The van der Waals surface area contributed by atoms with Crippen LogP contribution in [0.2, 0.25) is 0 Å². The number of nitrogens with zero attached hydrogens (tertiary/aromatic N) is 3. The normalized spacial score (nSPS) is 18.8. The number of morpholine rings is 1. The Morgan fingerprint density at radius 1 is 1.03 bits per heavy atom. The topological polar surface area (TPSA) is 52.1 Å². The molecule has 0 spiro atoms. The Morgan fingerprint density at radius 2 is 1.70 bits per heavy atom. The zero-order valence-corrected chi connectivity index (χ0v) is 18.9. The fourth-order valence-corrected chi connectivity index (χ4v) is 4.46. The molecule has 1 aromatic rings. The van der Waals surface area contributed by atoms with Crippen molar-refractivity contribution in [3.05, 3.63) is 42.0 Å². The van der Waals surface area contributed by atoms with E-state index in [2.05, 4.69) is 75.7 Å². The summed E-state index contributed by atoms with van der Waals surface area (Å²) in [6.07, 6.45) is 6.84. The van der Waals surface area contributed by atoms with Gasteiger partial charge in [-0.15, -0.1) is 0 Å². The molecule has 6 heteroatoms. The maximum absolute atomic E-state index is 5.57. The van der Waals surface area contributed by atoms with E-state index in [9.17, 15) is 0 Å². The number of nitrogens with one attached hydrogen (secondary N) is 2. The molecule has 2 aliphatic heterocycles. The number of rotatable bonds is 9. The zero-order chi connectivity index (χ0) is 21.2. The molecule has 0 aromatic heterocycles. The molecular formula is C24H39N5O. The van der Waals surface area contributed by atoms with Gasteiger partial charge in [0.2, 0.25) is 0 Å². The molecule has 2 aliphatic rings. The molecule has 0 bridgehead atoms. The lowest BCUT2D eigenvalue weighted by Crippen LogP contribution is -2.53. The molecule has 166 valence electrons. The molecule has 0 saturated carbocycles. The Bertz CT molecular complexity index is 669. The molecule has 1 fully saturated rings. The minimum absolute atomic E-state index is 0.510. The lowest BCUT2D eigenvalue weighted by atomic mass is 9.92. The van der Waals surface area contributed by atoms with Crippen molar-refractivity contribution in [1.82, 2.24) is 15.5 Å². The van der Waals surface area contributed by atoms with Crippen LogP contribution >= 0.6 is 0 Å². The predicted octanol–water partition coefficient (Wildman–Crippen LogP) is 2.86. The number of ether oxygens (including phenoxy) is 1. The summed E-state index contributed by atoms with van der Waals surface area (Å²) >= 11 is 0. The van der Waals surface area contributed by atoms with E-state index >= 15 is 0 Å². The highest BCUT2D eigenvalue weighted by molar-refractivity contribution is 5.79. The summed E-state index contributed by atoms with van der Waals surface area (Å²) in [5, 5.41) is 7.06. The highest BCUT2D eigenvalue weighted by Crippen LogP contribution is 2.20. The second-order valence-corrected chi connectivity index (χ2v) is 8.14. The molecule has 0 radical (unpaired) electrons. The minimum Gasteiger partial charge on any atom is -0.379 e. The average Bonchev–Trinajstić information content (AvgIpc) is 3.34. The van der Waals surface area contributed by atoms with E-state index < -0.39 is 0 Å². The van der Waals surface area contributed by atoms with E-state index in [0.29, 0.717) is 12.0 Å². The quantitative estimate of drug-likeness (QED) is 0.370. The molecule has 1 saturated heterocycles. The van der Waals surface area contributed by atoms with Crippen molar-refractivity contribution in [2.75, 3.05) is 57.9 Å². The van der Waals surface area contributed by atoms with E-state index in [1.54, 1.807) is 0 Å². The first-order chi connectivity index (χ1) is 14.7. The second kappa shape index (κ2) is 12.0. The minimum atomic E-state index is 0.510. The third-order valence-electron chi connectivity index (χ3n) is 6.39. The average molecular weight is 414 g/mol. The molecule has 3 rings (SSSR count). The molecular weight excluding hydrogens is 374 g/mol. The summed E-state index contributed by atoms with van der Waals surface area (Å²) in [5.41, 5.74) is 2.54. The first kappa shape index (κ1) is 22.6. The van der Waals surface area contributed by atoms with Crippen molar-refractivity contribution in [1.29, 1.82) is 0 Å². The number of hydrogen-bond donors (Lipinski definition) is 2. The van der Waals surface area contributed by atoms with E-state index in [1.165, 1.54) is 24.1 Å². The van der Waals surface area contributed by atoms with Gasteiger partial charge in [-0.05, 0) is 23.6 Å². The highest BCUT2D eigenvalue weighted by atomic mass is 16.5. The van der Waals surface area contributed by atoms with Crippen molar-refractivity contribution >= 4 is 11.6 Å². The molecule has 6 nitrogen and oxygen atoms in total. The van der Waals surface area contributed by atoms with Gasteiger partial charge in [0.05, 0.1) is 13.2 Å². The van der Waals surface area contributed by atoms with Gasteiger partial charge in [0.15, 0.2) is 5.96 Å². The molecule has 30 heavy (non-hydrogen) atoms. The first-order valence-corrected chi connectivity index (χ1v) is 11.5. The molecule has 0 aliphatic carbocycles. The summed E-state index contributed by atoms with van der Waals surface area (Å²) < 4.78 is 5.57. The monoisotopic (exact) mass is 413 g/mol. The van der Waals surface area contributed by atoms with Crippen LogP contribution in [0, 0.1) is 5.92 Å². The van der Waals surface area contributed by atoms with Crippen LogP contribution < -0.4 is 15.5 Å². The van der Waals surface area contributed by atoms with Crippen molar-refractivity contribution in [2.24, 2.45) is 10.9 Å². The molecule has 2 heterocycles. The van der Waals surface area contributed by atoms with Gasteiger partial charge in [-0.25, -0.2) is 0 Å². The van der Waals surface area contributed by atoms with Crippen molar-refractivity contribution < 1.29 is 4.74 Å². The SMILES string of the molecule is CCC(CC)C(CNC(=NC)NCc1ccc(N2CC=CC2)cc1)N1CCOCC1. The Labute approximate surface area is 182 Å². The predicted molar refractivity (Wildman–Crippen MR) is 126 cm³/mol. The van der Waals surface area contributed by atoms with Crippen LogP contribution in [0.25, 0.3) is 0 Å². The van der Waals surface area contributed by atoms with Crippen LogP contribution in [0.3, 0.4) is 0 Å². The summed E-state index contributed by atoms with van der Waals surface area (Å²) in [7, 11) is 1.85. The summed E-state index contributed by atoms with van der Waals surface area (Å²) in [6.45, 7) is 12.0. The fourth-order valence-electron chi connectivity index (χ4n) is 4.46. The van der Waals surface area contributed by atoms with E-state index in [0.717, 1.165) is 58.4 Å². The third-order valence-corrected chi connectivity index (χ3v) is 6.39. The number of aliphatic imine (C=N–C) groups is 1. The lowest BCUT2D eigenvalue weighted by Gasteiger charge is -2.39. The van der Waals surface area contributed by atoms with Gasteiger partial charge in [-0.2, -0.15) is 0 Å². The fraction of sp³-hybridized carbons (Fsp3) is 0.625. The van der Waals surface area contributed by atoms with Gasteiger partial charge in [-0.3, -0.25) is 9.89 Å². The Morgan fingerprint density at radius 3 is 2.30 bits per heavy atom. The Kier molecular flexibility index (Phi) is 9.02. The van der Waals surface area contributed by atoms with Crippen molar-refractivity contribution in [3.8, 4) is 0 Å². The van der Waals surface area contributed by atoms with Gasteiger partial charge in [0, 0.05) is 58.0 Å². The Balaban J connectivity index is 1.51. The molecule has 0 amide bonds. The van der Waals surface area contributed by atoms with Gasteiger partial charge >= 0.3 is 0 Å². The zero-order valence-electron chi connectivity index (χ0n) is 18.9. The van der Waals surface area contributed by atoms with E-state index in [4.69, 9.17) is 4.74 Å². The largest absolute Gasteiger partial charge is 0.379 e.